The van der Waals surface area contributed by atoms with Gasteiger partial charge in [-0.05, 0) is 103 Å². The Morgan fingerprint density at radius 2 is 0.718 bits per heavy atom. The normalized spacial score (nSPS) is 14.6. The molecule has 0 aromatic rings. The third kappa shape index (κ3) is 67.7. The summed E-state index contributed by atoms with van der Waals surface area (Å²) < 4.78 is 23.4. The van der Waals surface area contributed by atoms with Crippen molar-refractivity contribution in [1.29, 1.82) is 0 Å². The van der Waals surface area contributed by atoms with Gasteiger partial charge in [-0.2, -0.15) is 0 Å². The number of likely N-dealkylation sites (N-methyl/N-ethyl adjacent to an activating group) is 1. The molecule has 8 nitrogen and oxygen atoms in total. The molecule has 0 aliphatic heterocycles. The Balaban J connectivity index is 4.20. The van der Waals surface area contributed by atoms with Gasteiger partial charge in [0.2, 0.25) is 5.91 Å². The molecule has 0 bridgehead atoms. The van der Waals surface area contributed by atoms with Crippen LogP contribution in [-0.2, 0) is 18.4 Å². The predicted octanol–water partition coefficient (Wildman–Crippen LogP) is 21.7. The number of amides is 1. The van der Waals surface area contributed by atoms with E-state index >= 15 is 0 Å². The molecule has 9 heteroatoms. The highest BCUT2D eigenvalue weighted by Gasteiger charge is 2.23. The third-order valence-corrected chi connectivity index (χ3v) is 15.8. The lowest BCUT2D eigenvalue weighted by atomic mass is 10.0. The maximum absolute atomic E-state index is 13.0. The fourth-order valence-corrected chi connectivity index (χ4v) is 10.2. The first-order chi connectivity index (χ1) is 41.5. The van der Waals surface area contributed by atoms with Crippen molar-refractivity contribution >= 4 is 13.7 Å². The van der Waals surface area contributed by atoms with Crippen molar-refractivity contribution in [3.8, 4) is 0 Å². The zero-order valence-electron chi connectivity index (χ0n) is 55.5. The van der Waals surface area contributed by atoms with Crippen molar-refractivity contribution in [3.05, 3.63) is 146 Å². The smallest absolute Gasteiger partial charge is 0.268 e. The number of nitrogens with zero attached hydrogens (tertiary/aromatic N) is 1. The number of hydrogen-bond donors (Lipinski definition) is 2. The molecule has 0 radical (unpaired) electrons. The Hall–Kier alpha value is -3.62. The summed E-state index contributed by atoms with van der Waals surface area (Å²) >= 11 is 0. The van der Waals surface area contributed by atoms with Crippen LogP contribution in [0.15, 0.2) is 146 Å². The standard InChI is InChI=1S/C76H131N2O6P/c1-6-8-10-12-14-16-18-20-22-24-26-28-30-32-33-34-35-36-37-38-39-40-41-42-43-44-45-46-48-50-52-54-56-58-60-62-64-66-68-70-76(80)77-74(73-84-85(81,82)83-72-71-78(3,4)5)75(79)69-67-65-63-61-59-57-55-53-51-49-47-31-29-27-25-23-21-19-17-15-13-11-9-7-2/h8,10,14,16,20,22,26,28,32-33,35-36,38-39,41-42,44-45,48,50,54,56,67,69,74-75,79H,6-7,9,11-13,15,17-19,21,23-25,27,29-31,34,37,40,43,46-47,49,51-53,55,57-66,68,70-73H2,1-5H3,(H-,77,80,81,82)/b10-8-,16-14-,22-20-,28-26-,33-32-,36-35-,39-38-,42-41-,45-44-,50-48-,56-54-,69-67+. The highest BCUT2D eigenvalue weighted by molar-refractivity contribution is 7.45. The Morgan fingerprint density at radius 1 is 0.424 bits per heavy atom. The third-order valence-electron chi connectivity index (χ3n) is 14.8. The van der Waals surface area contributed by atoms with Gasteiger partial charge in [-0.15, -0.1) is 0 Å². The maximum Gasteiger partial charge on any atom is 0.268 e. The monoisotopic (exact) mass is 1200 g/mol. The van der Waals surface area contributed by atoms with E-state index in [9.17, 15) is 19.4 Å². The topological polar surface area (TPSA) is 108 Å². The van der Waals surface area contributed by atoms with E-state index in [1.807, 2.05) is 27.2 Å². The number of hydrogen-bond acceptors (Lipinski definition) is 6. The van der Waals surface area contributed by atoms with Gasteiger partial charge in [0.1, 0.15) is 13.2 Å². The highest BCUT2D eigenvalue weighted by atomic mass is 31.2. The predicted molar refractivity (Wildman–Crippen MR) is 371 cm³/mol. The molecule has 0 aliphatic rings. The summed E-state index contributed by atoms with van der Waals surface area (Å²) in [5.41, 5.74) is 0. The van der Waals surface area contributed by atoms with Crippen molar-refractivity contribution in [3.63, 3.8) is 0 Å². The van der Waals surface area contributed by atoms with E-state index in [0.29, 0.717) is 17.4 Å². The fourth-order valence-electron chi connectivity index (χ4n) is 9.45. The molecule has 0 heterocycles. The van der Waals surface area contributed by atoms with Gasteiger partial charge in [0, 0.05) is 6.42 Å². The minimum atomic E-state index is -4.62. The van der Waals surface area contributed by atoms with Crippen molar-refractivity contribution in [1.82, 2.24) is 5.32 Å². The van der Waals surface area contributed by atoms with E-state index in [1.54, 1.807) is 6.08 Å². The van der Waals surface area contributed by atoms with Crippen molar-refractivity contribution < 1.29 is 32.9 Å². The van der Waals surface area contributed by atoms with Gasteiger partial charge in [-0.3, -0.25) is 9.36 Å². The second-order valence-electron chi connectivity index (χ2n) is 24.2. The summed E-state index contributed by atoms with van der Waals surface area (Å²) in [6.07, 6.45) is 99.5. The summed E-state index contributed by atoms with van der Waals surface area (Å²) in [6.45, 7) is 4.53. The molecule has 0 aromatic carbocycles. The van der Waals surface area contributed by atoms with Gasteiger partial charge in [0.15, 0.2) is 0 Å². The minimum absolute atomic E-state index is 0.0122. The van der Waals surface area contributed by atoms with Crippen LogP contribution in [0.4, 0.5) is 0 Å². The Kier molecular flexibility index (Phi) is 62.1. The average molecular weight is 1200 g/mol. The first-order valence-corrected chi connectivity index (χ1v) is 36.2. The van der Waals surface area contributed by atoms with Crippen molar-refractivity contribution in [2.75, 3.05) is 40.9 Å². The van der Waals surface area contributed by atoms with Crippen LogP contribution >= 0.6 is 7.82 Å². The number of aliphatic hydroxyl groups is 1. The van der Waals surface area contributed by atoms with E-state index in [0.717, 1.165) is 128 Å². The van der Waals surface area contributed by atoms with Crippen LogP contribution in [0.25, 0.3) is 0 Å². The molecule has 486 valence electrons. The first kappa shape index (κ1) is 81.4. The number of phosphoric ester groups is 1. The van der Waals surface area contributed by atoms with Crippen LogP contribution in [0.1, 0.15) is 277 Å². The van der Waals surface area contributed by atoms with Crippen LogP contribution in [0.5, 0.6) is 0 Å². The lowest BCUT2D eigenvalue weighted by Gasteiger charge is -2.29. The van der Waals surface area contributed by atoms with E-state index in [-0.39, 0.29) is 12.5 Å². The molecular weight excluding hydrogens is 1070 g/mol. The molecule has 0 spiro atoms. The van der Waals surface area contributed by atoms with Crippen molar-refractivity contribution in [2.24, 2.45) is 0 Å². The number of phosphoric acid groups is 1. The lowest BCUT2D eigenvalue weighted by molar-refractivity contribution is -0.870. The van der Waals surface area contributed by atoms with Gasteiger partial charge < -0.3 is 28.8 Å². The molecule has 1 amide bonds. The van der Waals surface area contributed by atoms with Crippen LogP contribution < -0.4 is 10.2 Å². The van der Waals surface area contributed by atoms with E-state index in [2.05, 4.69) is 153 Å². The average Bonchev–Trinajstić information content (AvgIpc) is 3.49. The molecule has 3 atom stereocenters. The number of unbranched alkanes of at least 4 members (excludes halogenated alkanes) is 27. The molecule has 0 rings (SSSR count). The molecule has 0 fully saturated rings. The van der Waals surface area contributed by atoms with Crippen molar-refractivity contribution in [2.45, 2.75) is 289 Å². The van der Waals surface area contributed by atoms with E-state index in [1.165, 1.54) is 128 Å². The fraction of sp³-hybridized carbons (Fsp3) is 0.671. The zero-order valence-corrected chi connectivity index (χ0v) is 56.4. The quantitative estimate of drug-likeness (QED) is 0.0272. The van der Waals surface area contributed by atoms with Crippen LogP contribution in [-0.4, -0.2) is 68.5 Å². The SMILES string of the molecule is CC/C=C\C/C=C\C/C=C\C/C=C\C/C=C\C/C=C\C/C=C\C/C=C\C/C=C\C/C=C\C/C=C\CCCCCCCC(=O)NC(COP(=O)([O-])OCC[N+](C)(C)C)C(O)/C=C/CCCCCCCCCCCCCCCCCCCCCCCC. The van der Waals surface area contributed by atoms with Crippen LogP contribution in [0.3, 0.4) is 0 Å². The number of quaternary nitrogens is 1. The zero-order chi connectivity index (χ0) is 61.9. The number of nitrogens with one attached hydrogen (secondary N) is 1. The Bertz CT molecular complexity index is 1900. The first-order valence-electron chi connectivity index (χ1n) is 34.7. The summed E-state index contributed by atoms with van der Waals surface area (Å²) in [7, 11) is 1.23. The molecule has 0 saturated heterocycles. The molecule has 2 N–H and O–H groups in total. The van der Waals surface area contributed by atoms with Gasteiger partial charge in [0.05, 0.1) is 39.9 Å². The largest absolute Gasteiger partial charge is 0.756 e. The van der Waals surface area contributed by atoms with Gasteiger partial charge >= 0.3 is 0 Å². The maximum atomic E-state index is 13.0. The van der Waals surface area contributed by atoms with Crippen LogP contribution in [0, 0.1) is 0 Å². The van der Waals surface area contributed by atoms with E-state index < -0.39 is 26.6 Å². The second kappa shape index (κ2) is 64.8. The number of rotatable bonds is 62. The molecule has 0 aliphatic carbocycles. The molecule has 0 aromatic heterocycles. The highest BCUT2D eigenvalue weighted by Crippen LogP contribution is 2.38. The molecular formula is C76H131N2O6P. The Labute approximate surface area is 525 Å². The number of aliphatic hydroxyl groups excluding tert-OH is 1. The minimum Gasteiger partial charge on any atom is -0.756 e. The molecule has 3 unspecified atom stereocenters. The summed E-state index contributed by atoms with van der Waals surface area (Å²) in [5.74, 6) is -0.219. The number of carbonyl (C=O) groups is 1. The summed E-state index contributed by atoms with van der Waals surface area (Å²) in [6, 6.07) is -0.909. The lowest BCUT2D eigenvalue weighted by Crippen LogP contribution is -2.45. The summed E-state index contributed by atoms with van der Waals surface area (Å²) in [5, 5.41) is 13.9. The van der Waals surface area contributed by atoms with Gasteiger partial charge in [-0.25, -0.2) is 0 Å². The number of carbonyl (C=O) groups excluding carboxylic acids is 1. The summed E-state index contributed by atoms with van der Waals surface area (Å²) in [4.78, 5) is 25.6. The number of allylic oxidation sites excluding steroid dienone is 23. The Morgan fingerprint density at radius 3 is 1.05 bits per heavy atom. The van der Waals surface area contributed by atoms with Gasteiger partial charge in [0.25, 0.3) is 7.82 Å². The molecule has 85 heavy (non-hydrogen) atoms. The van der Waals surface area contributed by atoms with Crippen LogP contribution in [0.2, 0.25) is 0 Å². The molecule has 0 saturated carbocycles. The van der Waals surface area contributed by atoms with Gasteiger partial charge in [-0.1, -0.05) is 314 Å². The van der Waals surface area contributed by atoms with E-state index in [4.69, 9.17) is 9.05 Å². The second-order valence-corrected chi connectivity index (χ2v) is 25.6.